The Balaban J connectivity index is 1.80. The molecule has 0 aliphatic carbocycles. The summed E-state index contributed by atoms with van der Waals surface area (Å²) in [5.41, 5.74) is 0.888. The largest absolute Gasteiger partial charge is 0.482 e. The molecule has 0 saturated heterocycles. The third-order valence-electron chi connectivity index (χ3n) is 3.70. The summed E-state index contributed by atoms with van der Waals surface area (Å²) >= 11 is 0. The summed E-state index contributed by atoms with van der Waals surface area (Å²) in [7, 11) is 1.63. The van der Waals surface area contributed by atoms with Crippen LogP contribution in [-0.4, -0.2) is 41.5 Å². The minimum Gasteiger partial charge on any atom is -0.482 e. The van der Waals surface area contributed by atoms with Crippen molar-refractivity contribution < 1.29 is 24.0 Å². The molecule has 2 aromatic rings. The highest BCUT2D eigenvalue weighted by atomic mass is 16.6. The zero-order valence-corrected chi connectivity index (χ0v) is 15.0. The fourth-order valence-corrected chi connectivity index (χ4v) is 2.33. The zero-order chi connectivity index (χ0) is 19.8. The van der Waals surface area contributed by atoms with Crippen molar-refractivity contribution in [1.82, 2.24) is 4.90 Å². The van der Waals surface area contributed by atoms with Gasteiger partial charge >= 0.3 is 5.97 Å². The van der Waals surface area contributed by atoms with Gasteiger partial charge in [0.2, 0.25) is 0 Å². The third kappa shape index (κ3) is 6.10. The maximum Gasteiger partial charge on any atom is 0.344 e. The van der Waals surface area contributed by atoms with E-state index in [1.807, 2.05) is 30.3 Å². The summed E-state index contributed by atoms with van der Waals surface area (Å²) in [5, 5.41) is 10.6. The maximum absolute atomic E-state index is 12.3. The van der Waals surface area contributed by atoms with E-state index in [1.54, 1.807) is 7.05 Å². The monoisotopic (exact) mass is 372 g/mol. The SMILES string of the molecule is C[C@@H](OC(=O)COc1ccc([N+](=O)[O-])cc1)C(=O)N(C)Cc1ccccc1. The Morgan fingerprint density at radius 3 is 2.33 bits per heavy atom. The van der Waals surface area contributed by atoms with E-state index >= 15 is 0 Å². The Morgan fingerprint density at radius 2 is 1.74 bits per heavy atom. The number of nitro benzene ring substituents is 1. The van der Waals surface area contributed by atoms with Crippen LogP contribution in [0.25, 0.3) is 0 Å². The molecule has 0 aliphatic heterocycles. The van der Waals surface area contributed by atoms with Gasteiger partial charge in [0.1, 0.15) is 5.75 Å². The zero-order valence-electron chi connectivity index (χ0n) is 15.0. The van der Waals surface area contributed by atoms with E-state index in [1.165, 1.54) is 36.1 Å². The van der Waals surface area contributed by atoms with Crippen molar-refractivity contribution in [2.45, 2.75) is 19.6 Å². The van der Waals surface area contributed by atoms with Crippen LogP contribution < -0.4 is 4.74 Å². The Bertz CT molecular complexity index is 792. The van der Waals surface area contributed by atoms with Crippen LogP contribution in [0.3, 0.4) is 0 Å². The van der Waals surface area contributed by atoms with Gasteiger partial charge in [-0.1, -0.05) is 30.3 Å². The van der Waals surface area contributed by atoms with Crippen molar-refractivity contribution in [3.05, 3.63) is 70.3 Å². The lowest BCUT2D eigenvalue weighted by molar-refractivity contribution is -0.384. The Kier molecular flexibility index (Phi) is 6.87. The maximum atomic E-state index is 12.3. The number of non-ortho nitro benzene ring substituents is 1. The average molecular weight is 372 g/mol. The second kappa shape index (κ2) is 9.33. The molecule has 0 bridgehead atoms. The molecule has 2 rings (SSSR count). The van der Waals surface area contributed by atoms with Crippen molar-refractivity contribution in [1.29, 1.82) is 0 Å². The molecular formula is C19H20N2O6. The molecule has 0 spiro atoms. The number of ether oxygens (including phenoxy) is 2. The molecule has 1 amide bonds. The number of likely N-dealkylation sites (N-methyl/N-ethyl adjacent to an activating group) is 1. The minimum atomic E-state index is -0.952. The van der Waals surface area contributed by atoms with Gasteiger partial charge in [0.05, 0.1) is 4.92 Å². The second-order valence-electron chi connectivity index (χ2n) is 5.85. The van der Waals surface area contributed by atoms with Gasteiger partial charge in [0.25, 0.3) is 11.6 Å². The molecule has 27 heavy (non-hydrogen) atoms. The van der Waals surface area contributed by atoms with Crippen LogP contribution in [0.4, 0.5) is 5.69 Å². The molecular weight excluding hydrogens is 352 g/mol. The normalized spacial score (nSPS) is 11.3. The quantitative estimate of drug-likeness (QED) is 0.401. The van der Waals surface area contributed by atoms with E-state index in [0.29, 0.717) is 6.54 Å². The Labute approximate surface area is 156 Å². The van der Waals surface area contributed by atoms with Gasteiger partial charge in [0.15, 0.2) is 12.7 Å². The number of esters is 1. The molecule has 0 heterocycles. The van der Waals surface area contributed by atoms with Crippen LogP contribution in [0.1, 0.15) is 12.5 Å². The highest BCUT2D eigenvalue weighted by molar-refractivity contribution is 5.83. The molecule has 0 aromatic heterocycles. The van der Waals surface area contributed by atoms with Gasteiger partial charge in [-0.25, -0.2) is 4.79 Å². The predicted octanol–water partition coefficient (Wildman–Crippen LogP) is 2.56. The molecule has 142 valence electrons. The van der Waals surface area contributed by atoms with Crippen LogP contribution in [0.2, 0.25) is 0 Å². The van der Waals surface area contributed by atoms with E-state index in [0.717, 1.165) is 5.56 Å². The number of nitrogens with zero attached hydrogens (tertiary/aromatic N) is 2. The molecule has 0 radical (unpaired) electrons. The highest BCUT2D eigenvalue weighted by Crippen LogP contribution is 2.17. The van der Waals surface area contributed by atoms with E-state index < -0.39 is 23.6 Å². The number of nitro groups is 1. The summed E-state index contributed by atoms with van der Waals surface area (Å²) in [4.78, 5) is 35.7. The first kappa shape index (κ1) is 19.9. The Hall–Kier alpha value is -3.42. The molecule has 1 atom stereocenters. The molecule has 8 heteroatoms. The summed E-state index contributed by atoms with van der Waals surface area (Å²) in [6.45, 7) is 1.49. The molecule has 8 nitrogen and oxygen atoms in total. The lowest BCUT2D eigenvalue weighted by Crippen LogP contribution is -2.37. The summed E-state index contributed by atoms with van der Waals surface area (Å²) < 4.78 is 10.3. The van der Waals surface area contributed by atoms with E-state index in [9.17, 15) is 19.7 Å². The number of carbonyl (C=O) groups excluding carboxylic acids is 2. The number of benzene rings is 2. The molecule has 0 aliphatic rings. The summed E-state index contributed by atoms with van der Waals surface area (Å²) in [6.07, 6.45) is -0.952. The molecule has 0 unspecified atom stereocenters. The number of rotatable bonds is 8. The van der Waals surface area contributed by atoms with Crippen molar-refractivity contribution in [2.24, 2.45) is 0 Å². The molecule has 0 N–H and O–H groups in total. The highest BCUT2D eigenvalue weighted by Gasteiger charge is 2.21. The molecule has 0 fully saturated rings. The first-order chi connectivity index (χ1) is 12.9. The van der Waals surface area contributed by atoms with E-state index in [4.69, 9.17) is 9.47 Å². The van der Waals surface area contributed by atoms with E-state index in [-0.39, 0.29) is 17.3 Å². The van der Waals surface area contributed by atoms with Crippen molar-refractivity contribution in [3.8, 4) is 5.75 Å². The van der Waals surface area contributed by atoms with E-state index in [2.05, 4.69) is 0 Å². The topological polar surface area (TPSA) is 99.0 Å². The second-order valence-corrected chi connectivity index (χ2v) is 5.85. The fraction of sp³-hybridized carbons (Fsp3) is 0.263. The lowest BCUT2D eigenvalue weighted by atomic mass is 10.2. The van der Waals surface area contributed by atoms with Gasteiger partial charge in [-0.2, -0.15) is 0 Å². The average Bonchev–Trinajstić information content (AvgIpc) is 2.66. The van der Waals surface area contributed by atoms with Crippen LogP contribution in [-0.2, 0) is 20.9 Å². The first-order valence-electron chi connectivity index (χ1n) is 8.22. The van der Waals surface area contributed by atoms with Crippen molar-refractivity contribution in [2.75, 3.05) is 13.7 Å². The third-order valence-corrected chi connectivity index (χ3v) is 3.70. The number of carbonyl (C=O) groups is 2. The lowest BCUT2D eigenvalue weighted by Gasteiger charge is -2.21. The van der Waals surface area contributed by atoms with Crippen molar-refractivity contribution >= 4 is 17.6 Å². The first-order valence-corrected chi connectivity index (χ1v) is 8.22. The smallest absolute Gasteiger partial charge is 0.344 e. The Morgan fingerprint density at radius 1 is 1.11 bits per heavy atom. The minimum absolute atomic E-state index is 0.0781. The summed E-state index contributed by atoms with van der Waals surface area (Å²) in [5.74, 6) is -0.748. The predicted molar refractivity (Wildman–Crippen MR) is 97.1 cm³/mol. The van der Waals surface area contributed by atoms with Gasteiger partial charge in [-0.15, -0.1) is 0 Å². The standard InChI is InChI=1S/C19H20N2O6/c1-14(19(23)20(2)12-15-6-4-3-5-7-15)27-18(22)13-26-17-10-8-16(9-11-17)21(24)25/h3-11,14H,12-13H2,1-2H3/t14-/m1/s1. The summed E-state index contributed by atoms with van der Waals surface area (Å²) in [6, 6.07) is 14.8. The number of hydrogen-bond donors (Lipinski definition) is 0. The number of amides is 1. The number of hydrogen-bond acceptors (Lipinski definition) is 6. The van der Waals surface area contributed by atoms with Gasteiger partial charge in [-0.05, 0) is 24.6 Å². The van der Waals surface area contributed by atoms with Crippen LogP contribution >= 0.6 is 0 Å². The fourth-order valence-electron chi connectivity index (χ4n) is 2.33. The molecule has 2 aromatic carbocycles. The van der Waals surface area contributed by atoms with Crippen molar-refractivity contribution in [3.63, 3.8) is 0 Å². The van der Waals surface area contributed by atoms with Gasteiger partial charge < -0.3 is 14.4 Å². The molecule has 0 saturated carbocycles. The van der Waals surface area contributed by atoms with Gasteiger partial charge in [0, 0.05) is 25.7 Å². The van der Waals surface area contributed by atoms with Crippen LogP contribution in [0.15, 0.2) is 54.6 Å². The van der Waals surface area contributed by atoms with Gasteiger partial charge in [-0.3, -0.25) is 14.9 Å². The van der Waals surface area contributed by atoms with Crippen LogP contribution in [0.5, 0.6) is 5.75 Å². The van der Waals surface area contributed by atoms with Crippen LogP contribution in [0, 0.1) is 10.1 Å².